The van der Waals surface area contributed by atoms with Gasteiger partial charge in [0.25, 0.3) is 5.91 Å². The first-order chi connectivity index (χ1) is 21.4. The number of amides is 2. The van der Waals surface area contributed by atoms with Gasteiger partial charge in [0.2, 0.25) is 5.91 Å². The second-order valence-corrected chi connectivity index (χ2v) is 10.2. The van der Waals surface area contributed by atoms with Crippen LogP contribution in [-0.4, -0.2) is 28.8 Å². The highest BCUT2D eigenvalue weighted by Gasteiger charge is 2.23. The molecule has 44 heavy (non-hydrogen) atoms. The zero-order chi connectivity index (χ0) is 30.6. The molecule has 0 unspecified atom stereocenters. The molecule has 0 atom stereocenters. The number of methoxy groups -OCH3 is 1. The molecule has 1 aliphatic heterocycles. The van der Waals surface area contributed by atoms with Crippen LogP contribution < -0.4 is 20.3 Å². The molecule has 0 spiro atoms. The van der Waals surface area contributed by atoms with Gasteiger partial charge in [-0.15, -0.1) is 0 Å². The molecule has 0 saturated heterocycles. The highest BCUT2D eigenvalue weighted by molar-refractivity contribution is 6.12. The molecule has 0 fully saturated rings. The van der Waals surface area contributed by atoms with Crippen molar-refractivity contribution in [1.82, 2.24) is 4.98 Å². The number of carbonyl (C=O) groups excluding carboxylic acids is 2. The Kier molecular flexibility index (Phi) is 7.71. The van der Waals surface area contributed by atoms with E-state index in [9.17, 15) is 19.7 Å². The number of nitrogens with zero attached hydrogens (tertiary/aromatic N) is 3. The maximum absolute atomic E-state index is 13.6. The summed E-state index contributed by atoms with van der Waals surface area (Å²) < 4.78 is 5.22. The van der Waals surface area contributed by atoms with E-state index in [-0.39, 0.29) is 29.7 Å². The van der Waals surface area contributed by atoms with Crippen molar-refractivity contribution in [3.8, 4) is 16.9 Å². The Morgan fingerprint density at radius 2 is 1.66 bits per heavy atom. The number of carbonyl (C=O) groups is 2. The molecule has 10 nitrogen and oxygen atoms in total. The predicted molar refractivity (Wildman–Crippen MR) is 168 cm³/mol. The number of hydrogen-bond acceptors (Lipinski definition) is 7. The monoisotopic (exact) mass is 585 g/mol. The quantitative estimate of drug-likeness (QED) is 0.152. The van der Waals surface area contributed by atoms with Gasteiger partial charge in [-0.2, -0.15) is 0 Å². The molecule has 4 aromatic carbocycles. The molecular formula is C34H27N5O5. The lowest BCUT2D eigenvalue weighted by Crippen LogP contribution is -2.31. The van der Waals surface area contributed by atoms with Crippen molar-refractivity contribution in [1.29, 1.82) is 0 Å². The second kappa shape index (κ2) is 12.1. The van der Waals surface area contributed by atoms with Crippen LogP contribution in [0.3, 0.4) is 0 Å². The minimum absolute atomic E-state index is 0.0978. The summed E-state index contributed by atoms with van der Waals surface area (Å²) in [7, 11) is 1.38. The third kappa shape index (κ3) is 5.82. The van der Waals surface area contributed by atoms with E-state index in [1.807, 2.05) is 60.7 Å². The van der Waals surface area contributed by atoms with Crippen LogP contribution in [0, 0.1) is 10.1 Å². The number of nitro benzene ring substituents is 1. The van der Waals surface area contributed by atoms with Crippen molar-refractivity contribution in [2.75, 3.05) is 22.6 Å². The van der Waals surface area contributed by atoms with E-state index in [2.05, 4.69) is 15.6 Å². The fourth-order valence-corrected chi connectivity index (χ4v) is 5.16. The van der Waals surface area contributed by atoms with Gasteiger partial charge in [0.15, 0.2) is 5.75 Å². The molecule has 10 heteroatoms. The van der Waals surface area contributed by atoms with Crippen molar-refractivity contribution < 1.29 is 19.2 Å². The fourth-order valence-electron chi connectivity index (χ4n) is 5.16. The number of hydrogen-bond donors (Lipinski definition) is 2. The van der Waals surface area contributed by atoms with Crippen LogP contribution in [0.15, 0.2) is 109 Å². The molecule has 0 aliphatic carbocycles. The topological polar surface area (TPSA) is 127 Å². The van der Waals surface area contributed by atoms with E-state index in [0.29, 0.717) is 34.7 Å². The maximum atomic E-state index is 13.6. The van der Waals surface area contributed by atoms with E-state index in [4.69, 9.17) is 4.74 Å². The zero-order valence-electron chi connectivity index (χ0n) is 23.7. The molecule has 0 saturated carbocycles. The summed E-state index contributed by atoms with van der Waals surface area (Å²) in [6.45, 7) is 0.373. The molecule has 1 aromatic heterocycles. The van der Waals surface area contributed by atoms with Crippen LogP contribution >= 0.6 is 0 Å². The Bertz CT molecular complexity index is 1880. The van der Waals surface area contributed by atoms with Crippen molar-refractivity contribution in [2.24, 2.45) is 0 Å². The van der Waals surface area contributed by atoms with Gasteiger partial charge in [0, 0.05) is 24.1 Å². The molecule has 218 valence electrons. The number of ether oxygens (including phenoxy) is 1. The second-order valence-electron chi connectivity index (χ2n) is 10.2. The molecule has 2 N–H and O–H groups in total. The summed E-state index contributed by atoms with van der Waals surface area (Å²) in [5.41, 5.74) is 5.98. The number of aromatic nitrogens is 1. The van der Waals surface area contributed by atoms with Crippen LogP contribution in [0.2, 0.25) is 0 Å². The van der Waals surface area contributed by atoms with Crippen LogP contribution in [0.4, 0.5) is 28.4 Å². The number of rotatable bonds is 8. The third-order valence-electron chi connectivity index (χ3n) is 7.36. The van der Waals surface area contributed by atoms with E-state index < -0.39 is 4.92 Å². The first-order valence-electron chi connectivity index (χ1n) is 13.8. The Morgan fingerprint density at radius 3 is 2.41 bits per heavy atom. The smallest absolute Gasteiger partial charge is 0.310 e. The van der Waals surface area contributed by atoms with Crippen LogP contribution in [0.5, 0.6) is 5.75 Å². The van der Waals surface area contributed by atoms with Gasteiger partial charge in [-0.1, -0.05) is 36.4 Å². The first-order valence-corrected chi connectivity index (χ1v) is 13.8. The molecular weight excluding hydrogens is 558 g/mol. The predicted octanol–water partition coefficient (Wildman–Crippen LogP) is 6.75. The average molecular weight is 586 g/mol. The fraction of sp³-hybridized carbons (Fsp3) is 0.0882. The summed E-state index contributed by atoms with van der Waals surface area (Å²) >= 11 is 0. The highest BCUT2D eigenvalue weighted by atomic mass is 16.6. The lowest BCUT2D eigenvalue weighted by molar-refractivity contribution is -0.385. The minimum Gasteiger partial charge on any atom is -0.490 e. The number of fused-ring (bicyclic) bond motifs is 2. The largest absolute Gasteiger partial charge is 0.490 e. The Hall–Kier alpha value is -6.03. The summed E-state index contributed by atoms with van der Waals surface area (Å²) in [6.07, 6.45) is 3.56. The average Bonchev–Trinajstić information content (AvgIpc) is 3.18. The van der Waals surface area contributed by atoms with Crippen molar-refractivity contribution in [3.63, 3.8) is 0 Å². The van der Waals surface area contributed by atoms with Gasteiger partial charge in [0.1, 0.15) is 0 Å². The summed E-state index contributed by atoms with van der Waals surface area (Å²) in [5.74, 6) is -0.253. The van der Waals surface area contributed by atoms with Crippen molar-refractivity contribution in [3.05, 3.63) is 136 Å². The Labute approximate surface area is 253 Å². The molecule has 1 aliphatic rings. The van der Waals surface area contributed by atoms with Crippen LogP contribution in [0.1, 0.15) is 21.5 Å². The van der Waals surface area contributed by atoms with Gasteiger partial charge in [-0.3, -0.25) is 24.7 Å². The molecule has 5 aromatic rings. The maximum Gasteiger partial charge on any atom is 0.310 e. The van der Waals surface area contributed by atoms with Crippen molar-refractivity contribution >= 4 is 40.3 Å². The Balaban J connectivity index is 1.26. The van der Waals surface area contributed by atoms with E-state index in [1.165, 1.54) is 13.2 Å². The summed E-state index contributed by atoms with van der Waals surface area (Å²) in [4.78, 5) is 43.6. The molecule has 2 amide bonds. The van der Waals surface area contributed by atoms with Gasteiger partial charge in [0.05, 0.1) is 47.6 Å². The van der Waals surface area contributed by atoms with Crippen LogP contribution in [-0.2, 0) is 17.8 Å². The number of nitrogens with one attached hydrogen (secondary N) is 2. The van der Waals surface area contributed by atoms with E-state index >= 15 is 0 Å². The normalized spacial score (nSPS) is 11.7. The summed E-state index contributed by atoms with van der Waals surface area (Å²) in [6, 6.07) is 28.7. The third-order valence-corrected chi connectivity index (χ3v) is 7.36. The lowest BCUT2D eigenvalue weighted by Gasteiger charge is -2.23. The van der Waals surface area contributed by atoms with Crippen molar-refractivity contribution in [2.45, 2.75) is 13.0 Å². The summed E-state index contributed by atoms with van der Waals surface area (Å²) in [5, 5.41) is 17.6. The number of para-hydroxylation sites is 1. The zero-order valence-corrected chi connectivity index (χ0v) is 23.7. The van der Waals surface area contributed by atoms with Gasteiger partial charge >= 0.3 is 5.69 Å². The van der Waals surface area contributed by atoms with E-state index in [1.54, 1.807) is 47.6 Å². The lowest BCUT2D eigenvalue weighted by atomic mass is 10.0. The number of anilines is 4. The highest BCUT2D eigenvalue weighted by Crippen LogP contribution is 2.37. The van der Waals surface area contributed by atoms with E-state index in [0.717, 1.165) is 22.4 Å². The standard InChI is InChI=1S/C34H27N5O5/c1-44-32-19-25(11-14-31(32)39(42)43)24-10-12-27-29(18-24)36-28-13-9-22(16-30(28)37-34(27)41)17-33(40)38(26-7-3-2-4-8-26)21-23-6-5-15-35-20-23/h2-16,18-20,36H,17,21H2,1H3,(H,37,41). The number of pyridine rings is 1. The first kappa shape index (κ1) is 28.1. The van der Waals surface area contributed by atoms with Gasteiger partial charge in [-0.25, -0.2) is 0 Å². The van der Waals surface area contributed by atoms with Gasteiger partial charge < -0.3 is 20.3 Å². The minimum atomic E-state index is -0.496. The number of benzene rings is 4. The van der Waals surface area contributed by atoms with Gasteiger partial charge in [-0.05, 0) is 76.9 Å². The molecule has 6 rings (SSSR count). The Morgan fingerprint density at radius 1 is 0.864 bits per heavy atom. The molecule has 0 bridgehead atoms. The number of nitro groups is 1. The SMILES string of the molecule is COc1cc(-c2ccc3c(c2)Nc2ccc(CC(=O)N(Cc4cccnc4)c4ccccc4)cc2NC3=O)ccc1[N+](=O)[O-]. The van der Waals surface area contributed by atoms with Crippen LogP contribution in [0.25, 0.3) is 11.1 Å². The molecule has 0 radical (unpaired) electrons. The molecule has 2 heterocycles.